The van der Waals surface area contributed by atoms with Crippen LogP contribution in [0.25, 0.3) is 0 Å². The Morgan fingerprint density at radius 1 is 1.67 bits per heavy atom. The fourth-order valence-electron chi connectivity index (χ4n) is 0.903. The van der Waals surface area contributed by atoms with Crippen LogP contribution in [-0.2, 0) is 0 Å². The molecule has 1 rings (SSSR count). The van der Waals surface area contributed by atoms with Gasteiger partial charge in [-0.25, -0.2) is 4.98 Å². The number of pyridine rings is 1. The van der Waals surface area contributed by atoms with Crippen molar-refractivity contribution in [2.75, 3.05) is 0 Å². The number of aromatic nitrogens is 1. The smallest absolute Gasteiger partial charge is 0.213 e. The quantitative estimate of drug-likeness (QED) is 0.639. The minimum absolute atomic E-state index is 0.553. The SMILES string of the molecule is C[C@H](O)[C@@H](N)c1ccnc(F)c1. The maximum atomic E-state index is 12.5. The molecule has 4 heteroatoms. The average Bonchev–Trinajstić information content (AvgIpc) is 2.03. The summed E-state index contributed by atoms with van der Waals surface area (Å²) >= 11 is 0. The van der Waals surface area contributed by atoms with Crippen LogP contribution in [0.4, 0.5) is 4.39 Å². The van der Waals surface area contributed by atoms with Crippen molar-refractivity contribution in [2.24, 2.45) is 5.73 Å². The maximum absolute atomic E-state index is 12.5. The zero-order valence-corrected chi connectivity index (χ0v) is 6.74. The van der Waals surface area contributed by atoms with E-state index in [2.05, 4.69) is 4.98 Å². The molecule has 0 fully saturated rings. The van der Waals surface area contributed by atoms with Crippen LogP contribution in [0.3, 0.4) is 0 Å². The third kappa shape index (κ3) is 1.99. The van der Waals surface area contributed by atoms with E-state index in [9.17, 15) is 4.39 Å². The Morgan fingerprint density at radius 3 is 2.83 bits per heavy atom. The monoisotopic (exact) mass is 170 g/mol. The third-order valence-electron chi connectivity index (χ3n) is 1.66. The summed E-state index contributed by atoms with van der Waals surface area (Å²) in [6.07, 6.45) is 0.638. The van der Waals surface area contributed by atoms with E-state index in [0.717, 1.165) is 0 Å². The molecule has 1 heterocycles. The lowest BCUT2D eigenvalue weighted by Gasteiger charge is -2.14. The summed E-state index contributed by atoms with van der Waals surface area (Å²) in [7, 11) is 0. The Bertz CT molecular complexity index is 265. The topological polar surface area (TPSA) is 59.1 Å². The molecule has 0 spiro atoms. The van der Waals surface area contributed by atoms with E-state index in [-0.39, 0.29) is 0 Å². The van der Waals surface area contributed by atoms with E-state index in [4.69, 9.17) is 10.8 Å². The van der Waals surface area contributed by atoms with Crippen LogP contribution in [0.2, 0.25) is 0 Å². The highest BCUT2D eigenvalue weighted by atomic mass is 19.1. The van der Waals surface area contributed by atoms with E-state index in [1.54, 1.807) is 13.0 Å². The molecule has 0 unspecified atom stereocenters. The first-order valence-corrected chi connectivity index (χ1v) is 3.66. The highest BCUT2D eigenvalue weighted by Gasteiger charge is 2.12. The molecule has 3 nitrogen and oxygen atoms in total. The first-order valence-electron chi connectivity index (χ1n) is 3.66. The molecule has 0 aliphatic carbocycles. The number of aliphatic hydroxyl groups is 1. The summed E-state index contributed by atoms with van der Waals surface area (Å²) < 4.78 is 12.5. The van der Waals surface area contributed by atoms with Crippen LogP contribution in [0.5, 0.6) is 0 Å². The summed E-state index contributed by atoms with van der Waals surface area (Å²) in [5.74, 6) is -0.580. The minimum atomic E-state index is -0.688. The van der Waals surface area contributed by atoms with Crippen molar-refractivity contribution >= 4 is 0 Å². The second-order valence-corrected chi connectivity index (χ2v) is 2.68. The van der Waals surface area contributed by atoms with Crippen molar-refractivity contribution < 1.29 is 9.50 Å². The molecule has 0 radical (unpaired) electrons. The van der Waals surface area contributed by atoms with Crippen molar-refractivity contribution in [2.45, 2.75) is 19.1 Å². The molecule has 1 aromatic heterocycles. The van der Waals surface area contributed by atoms with E-state index in [1.165, 1.54) is 12.3 Å². The van der Waals surface area contributed by atoms with Gasteiger partial charge in [0.1, 0.15) is 0 Å². The highest BCUT2D eigenvalue weighted by molar-refractivity contribution is 5.16. The fourth-order valence-corrected chi connectivity index (χ4v) is 0.903. The van der Waals surface area contributed by atoms with Crippen LogP contribution < -0.4 is 5.73 Å². The van der Waals surface area contributed by atoms with Gasteiger partial charge in [-0.1, -0.05) is 0 Å². The van der Waals surface area contributed by atoms with Crippen LogP contribution in [0.15, 0.2) is 18.3 Å². The van der Waals surface area contributed by atoms with Crippen LogP contribution >= 0.6 is 0 Å². The van der Waals surface area contributed by atoms with Crippen LogP contribution in [-0.4, -0.2) is 16.2 Å². The van der Waals surface area contributed by atoms with Crippen molar-refractivity contribution in [1.29, 1.82) is 0 Å². The van der Waals surface area contributed by atoms with Gasteiger partial charge in [-0.15, -0.1) is 0 Å². The minimum Gasteiger partial charge on any atom is -0.391 e. The molecule has 2 atom stereocenters. The van der Waals surface area contributed by atoms with Gasteiger partial charge in [0.2, 0.25) is 5.95 Å². The molecule has 0 aliphatic heterocycles. The number of hydrogen-bond donors (Lipinski definition) is 2. The molecule has 12 heavy (non-hydrogen) atoms. The molecular formula is C8H11FN2O. The number of aliphatic hydroxyl groups excluding tert-OH is 1. The maximum Gasteiger partial charge on any atom is 0.213 e. The lowest BCUT2D eigenvalue weighted by molar-refractivity contribution is 0.164. The van der Waals surface area contributed by atoms with E-state index in [0.29, 0.717) is 5.56 Å². The normalized spacial score (nSPS) is 15.7. The summed E-state index contributed by atoms with van der Waals surface area (Å²) in [6, 6.07) is 2.25. The Kier molecular flexibility index (Phi) is 2.73. The number of hydrogen-bond acceptors (Lipinski definition) is 3. The molecule has 66 valence electrons. The van der Waals surface area contributed by atoms with Crippen LogP contribution in [0.1, 0.15) is 18.5 Å². The number of nitrogens with two attached hydrogens (primary N) is 1. The van der Waals surface area contributed by atoms with Gasteiger partial charge >= 0.3 is 0 Å². The predicted molar refractivity (Wildman–Crippen MR) is 42.8 cm³/mol. The predicted octanol–water partition coefficient (Wildman–Crippen LogP) is 0.601. The molecule has 0 aromatic carbocycles. The van der Waals surface area contributed by atoms with E-state index >= 15 is 0 Å². The lowest BCUT2D eigenvalue weighted by atomic mass is 10.1. The third-order valence-corrected chi connectivity index (χ3v) is 1.66. The molecule has 0 saturated carbocycles. The van der Waals surface area contributed by atoms with Gasteiger partial charge < -0.3 is 10.8 Å². The lowest BCUT2D eigenvalue weighted by Crippen LogP contribution is -2.23. The summed E-state index contributed by atoms with van der Waals surface area (Å²) in [4.78, 5) is 3.38. The Balaban J connectivity index is 2.88. The van der Waals surface area contributed by atoms with Gasteiger partial charge in [0.25, 0.3) is 0 Å². The van der Waals surface area contributed by atoms with Gasteiger partial charge in [0, 0.05) is 6.20 Å². The zero-order chi connectivity index (χ0) is 9.14. The number of nitrogens with zero attached hydrogens (tertiary/aromatic N) is 1. The van der Waals surface area contributed by atoms with Crippen molar-refractivity contribution in [3.8, 4) is 0 Å². The largest absolute Gasteiger partial charge is 0.391 e. The van der Waals surface area contributed by atoms with E-state index < -0.39 is 18.1 Å². The van der Waals surface area contributed by atoms with Crippen molar-refractivity contribution in [3.63, 3.8) is 0 Å². The van der Waals surface area contributed by atoms with Gasteiger partial charge in [0.15, 0.2) is 0 Å². The first-order chi connectivity index (χ1) is 5.61. The highest BCUT2D eigenvalue weighted by Crippen LogP contribution is 2.13. The average molecular weight is 170 g/mol. The van der Waals surface area contributed by atoms with Gasteiger partial charge in [-0.05, 0) is 24.6 Å². The van der Waals surface area contributed by atoms with Gasteiger partial charge in [0.05, 0.1) is 12.1 Å². The molecule has 0 amide bonds. The molecule has 1 aromatic rings. The second-order valence-electron chi connectivity index (χ2n) is 2.68. The molecule has 3 N–H and O–H groups in total. The zero-order valence-electron chi connectivity index (χ0n) is 6.74. The first kappa shape index (κ1) is 9.09. The molecule has 0 aliphatic rings. The Morgan fingerprint density at radius 2 is 2.33 bits per heavy atom. The van der Waals surface area contributed by atoms with Crippen molar-refractivity contribution in [3.05, 3.63) is 29.8 Å². The summed E-state index contributed by atoms with van der Waals surface area (Å²) in [5.41, 5.74) is 6.12. The standard InChI is InChI=1S/C8H11FN2O/c1-5(12)8(10)6-2-3-11-7(9)4-6/h2-5,8,12H,10H2,1H3/t5-,8+/m0/s1. The van der Waals surface area contributed by atoms with Gasteiger partial charge in [-0.3, -0.25) is 0 Å². The van der Waals surface area contributed by atoms with E-state index in [1.807, 2.05) is 0 Å². The summed E-state index contributed by atoms with van der Waals surface area (Å²) in [6.45, 7) is 1.56. The van der Waals surface area contributed by atoms with Crippen LogP contribution in [0, 0.1) is 5.95 Å². The molecule has 0 bridgehead atoms. The number of rotatable bonds is 2. The summed E-state index contributed by atoms with van der Waals surface area (Å²) in [5, 5.41) is 9.10. The second kappa shape index (κ2) is 3.60. The fraction of sp³-hybridized carbons (Fsp3) is 0.375. The van der Waals surface area contributed by atoms with Crippen molar-refractivity contribution in [1.82, 2.24) is 4.98 Å². The Hall–Kier alpha value is -1.00. The molecule has 0 saturated heterocycles. The number of halogens is 1. The van der Waals surface area contributed by atoms with Gasteiger partial charge in [-0.2, -0.15) is 4.39 Å². The Labute approximate surface area is 70.0 Å². The molecular weight excluding hydrogens is 159 g/mol.